The van der Waals surface area contributed by atoms with Crippen LogP contribution in [0.25, 0.3) is 0 Å². The van der Waals surface area contributed by atoms with E-state index in [4.69, 9.17) is 4.74 Å². The summed E-state index contributed by atoms with van der Waals surface area (Å²) in [5, 5.41) is 0. The average molecular weight is 308 g/mol. The number of carbonyl (C=O) groups is 2. The number of hydrogen-bond acceptors (Lipinski definition) is 3. The first-order valence-corrected chi connectivity index (χ1v) is 6.28. The number of hydrogen-bond donors (Lipinski definition) is 0. The highest BCUT2D eigenvalue weighted by Crippen LogP contribution is 2.32. The molecule has 0 spiro atoms. The molecule has 0 radical (unpaired) electrons. The van der Waals surface area contributed by atoms with Gasteiger partial charge in [0, 0.05) is 18.1 Å². The zero-order valence-corrected chi connectivity index (χ0v) is 11.5. The molecule has 0 saturated heterocycles. The Labute approximate surface area is 124 Å². The van der Waals surface area contributed by atoms with Gasteiger partial charge in [-0.25, -0.2) is 0 Å². The molecule has 0 aromatic heterocycles. The largest absolute Gasteiger partial charge is 0.427 e. The van der Waals surface area contributed by atoms with Gasteiger partial charge in [0.25, 0.3) is 0 Å². The Balaban J connectivity index is 2.35. The molecule has 0 aliphatic carbocycles. The van der Waals surface area contributed by atoms with Crippen molar-refractivity contribution < 1.29 is 27.5 Å². The summed E-state index contributed by atoms with van der Waals surface area (Å²) in [7, 11) is 0. The molecule has 2 aromatic rings. The molecule has 0 heterocycles. The zero-order valence-electron chi connectivity index (χ0n) is 11.5. The highest BCUT2D eigenvalue weighted by atomic mass is 19.4. The first-order valence-electron chi connectivity index (χ1n) is 6.28. The molecule has 0 fully saturated rings. The van der Waals surface area contributed by atoms with Gasteiger partial charge < -0.3 is 4.74 Å². The minimum Gasteiger partial charge on any atom is -0.427 e. The van der Waals surface area contributed by atoms with Crippen molar-refractivity contribution in [2.75, 3.05) is 0 Å². The lowest BCUT2D eigenvalue weighted by Gasteiger charge is -2.12. The molecule has 114 valence electrons. The van der Waals surface area contributed by atoms with E-state index in [-0.39, 0.29) is 11.3 Å². The fourth-order valence-electron chi connectivity index (χ4n) is 1.92. The van der Waals surface area contributed by atoms with Crippen molar-refractivity contribution in [2.24, 2.45) is 0 Å². The molecule has 0 unspecified atom stereocenters. The standard InChI is InChI=1S/C16H11F3O3/c1-10(20)22-12-8-6-11(7-9-12)15(21)13-4-2-3-5-14(13)16(17,18)19/h2-9H,1H3. The van der Waals surface area contributed by atoms with Gasteiger partial charge in [-0.1, -0.05) is 18.2 Å². The number of benzene rings is 2. The maximum Gasteiger partial charge on any atom is 0.417 e. The van der Waals surface area contributed by atoms with Crippen LogP contribution < -0.4 is 4.74 Å². The zero-order chi connectivity index (χ0) is 16.3. The van der Waals surface area contributed by atoms with E-state index < -0.39 is 29.1 Å². The van der Waals surface area contributed by atoms with E-state index in [9.17, 15) is 22.8 Å². The van der Waals surface area contributed by atoms with Crippen molar-refractivity contribution >= 4 is 11.8 Å². The van der Waals surface area contributed by atoms with E-state index in [1.54, 1.807) is 0 Å². The lowest BCUT2D eigenvalue weighted by Crippen LogP contribution is -2.13. The SMILES string of the molecule is CC(=O)Oc1ccc(C(=O)c2ccccc2C(F)(F)F)cc1. The monoisotopic (exact) mass is 308 g/mol. The van der Waals surface area contributed by atoms with Gasteiger partial charge in [-0.05, 0) is 30.3 Å². The van der Waals surface area contributed by atoms with Crippen LogP contribution >= 0.6 is 0 Å². The topological polar surface area (TPSA) is 43.4 Å². The Bertz CT molecular complexity index is 703. The molecule has 2 aromatic carbocycles. The summed E-state index contributed by atoms with van der Waals surface area (Å²) in [4.78, 5) is 23.0. The van der Waals surface area contributed by atoms with E-state index in [0.29, 0.717) is 0 Å². The fourth-order valence-corrected chi connectivity index (χ4v) is 1.92. The van der Waals surface area contributed by atoms with Crippen LogP contribution in [0.3, 0.4) is 0 Å². The summed E-state index contributed by atoms with van der Waals surface area (Å²) in [6.45, 7) is 1.22. The Morgan fingerprint density at radius 3 is 2.09 bits per heavy atom. The van der Waals surface area contributed by atoms with Crippen LogP contribution in [0.5, 0.6) is 5.75 Å². The number of esters is 1. The smallest absolute Gasteiger partial charge is 0.417 e. The quantitative estimate of drug-likeness (QED) is 0.491. The maximum absolute atomic E-state index is 12.9. The molecular weight excluding hydrogens is 297 g/mol. The summed E-state index contributed by atoms with van der Waals surface area (Å²) in [6, 6.07) is 9.92. The highest BCUT2D eigenvalue weighted by molar-refractivity contribution is 6.10. The summed E-state index contributed by atoms with van der Waals surface area (Å²) < 4.78 is 43.6. The highest BCUT2D eigenvalue weighted by Gasteiger charge is 2.34. The predicted molar refractivity (Wildman–Crippen MR) is 72.6 cm³/mol. The van der Waals surface area contributed by atoms with Crippen molar-refractivity contribution in [3.05, 3.63) is 65.2 Å². The van der Waals surface area contributed by atoms with E-state index in [1.165, 1.54) is 43.3 Å². The van der Waals surface area contributed by atoms with Gasteiger partial charge in [-0.15, -0.1) is 0 Å². The van der Waals surface area contributed by atoms with Crippen LogP contribution in [0.2, 0.25) is 0 Å². The molecule has 0 N–H and O–H groups in total. The molecule has 0 aliphatic rings. The Morgan fingerprint density at radius 1 is 0.955 bits per heavy atom. The van der Waals surface area contributed by atoms with Crippen molar-refractivity contribution in [3.63, 3.8) is 0 Å². The van der Waals surface area contributed by atoms with Gasteiger partial charge in [0.1, 0.15) is 5.75 Å². The molecule has 6 heteroatoms. The van der Waals surface area contributed by atoms with Gasteiger partial charge >= 0.3 is 12.1 Å². The van der Waals surface area contributed by atoms with E-state index in [1.807, 2.05) is 0 Å². The molecule has 2 rings (SSSR count). The van der Waals surface area contributed by atoms with E-state index in [2.05, 4.69) is 0 Å². The van der Waals surface area contributed by atoms with Crippen molar-refractivity contribution in [2.45, 2.75) is 13.1 Å². The second kappa shape index (κ2) is 6.01. The Kier molecular flexibility index (Phi) is 4.30. The third kappa shape index (κ3) is 3.52. The summed E-state index contributed by atoms with van der Waals surface area (Å²) in [5.74, 6) is -1.06. The summed E-state index contributed by atoms with van der Waals surface area (Å²) in [6.07, 6.45) is -4.61. The van der Waals surface area contributed by atoms with Crippen LogP contribution in [0.1, 0.15) is 28.4 Å². The van der Waals surface area contributed by atoms with Gasteiger partial charge in [0.15, 0.2) is 5.78 Å². The fraction of sp³-hybridized carbons (Fsp3) is 0.125. The third-order valence-corrected chi connectivity index (χ3v) is 2.86. The van der Waals surface area contributed by atoms with Crippen LogP contribution in [0.4, 0.5) is 13.2 Å². The second-order valence-electron chi connectivity index (χ2n) is 4.49. The van der Waals surface area contributed by atoms with Crippen LogP contribution in [-0.4, -0.2) is 11.8 Å². The number of halogens is 3. The first kappa shape index (κ1) is 15.8. The molecule has 0 bridgehead atoms. The minimum absolute atomic E-state index is 0.0765. The lowest BCUT2D eigenvalue weighted by atomic mass is 9.98. The molecule has 3 nitrogen and oxygen atoms in total. The number of rotatable bonds is 3. The summed E-state index contributed by atoms with van der Waals surface area (Å²) in [5.41, 5.74) is -1.33. The number of ketones is 1. The Morgan fingerprint density at radius 2 is 1.55 bits per heavy atom. The van der Waals surface area contributed by atoms with Crippen molar-refractivity contribution in [1.82, 2.24) is 0 Å². The molecule has 0 saturated carbocycles. The Hall–Kier alpha value is -2.63. The normalized spacial score (nSPS) is 11.1. The predicted octanol–water partition coefficient (Wildman–Crippen LogP) is 3.86. The van der Waals surface area contributed by atoms with Crippen LogP contribution in [0.15, 0.2) is 48.5 Å². The number of ether oxygens (including phenoxy) is 1. The molecule has 0 aliphatic heterocycles. The first-order chi connectivity index (χ1) is 10.3. The van der Waals surface area contributed by atoms with Crippen LogP contribution in [0, 0.1) is 0 Å². The molecule has 0 amide bonds. The lowest BCUT2D eigenvalue weighted by molar-refractivity contribution is -0.138. The van der Waals surface area contributed by atoms with Crippen LogP contribution in [-0.2, 0) is 11.0 Å². The number of carbonyl (C=O) groups excluding carboxylic acids is 2. The molecule has 22 heavy (non-hydrogen) atoms. The average Bonchev–Trinajstić information content (AvgIpc) is 2.46. The third-order valence-electron chi connectivity index (χ3n) is 2.86. The minimum atomic E-state index is -4.61. The second-order valence-corrected chi connectivity index (χ2v) is 4.49. The van der Waals surface area contributed by atoms with Gasteiger partial charge in [-0.3, -0.25) is 9.59 Å². The number of alkyl halides is 3. The summed E-state index contributed by atoms with van der Waals surface area (Å²) >= 11 is 0. The van der Waals surface area contributed by atoms with E-state index >= 15 is 0 Å². The van der Waals surface area contributed by atoms with Gasteiger partial charge in [0.05, 0.1) is 5.56 Å². The van der Waals surface area contributed by atoms with Crippen molar-refractivity contribution in [1.29, 1.82) is 0 Å². The molecular formula is C16H11F3O3. The maximum atomic E-state index is 12.9. The van der Waals surface area contributed by atoms with E-state index in [0.717, 1.165) is 12.1 Å². The molecule has 0 atom stereocenters. The van der Waals surface area contributed by atoms with Crippen molar-refractivity contribution in [3.8, 4) is 5.75 Å². The van der Waals surface area contributed by atoms with Gasteiger partial charge in [0.2, 0.25) is 0 Å². The van der Waals surface area contributed by atoms with Gasteiger partial charge in [-0.2, -0.15) is 13.2 Å².